The molecule has 2 aromatic heterocycles. The summed E-state index contributed by atoms with van der Waals surface area (Å²) < 4.78 is 70.1. The Labute approximate surface area is 161 Å². The Hall–Kier alpha value is -1.72. The molecule has 0 spiro atoms. The van der Waals surface area contributed by atoms with Crippen LogP contribution in [0.4, 0.5) is 13.2 Å². The molecule has 154 valence electrons. The van der Waals surface area contributed by atoms with Gasteiger partial charge in [0.15, 0.2) is 5.65 Å². The summed E-state index contributed by atoms with van der Waals surface area (Å²) in [6, 6.07) is 1.84. The molecule has 2 aliphatic rings. The van der Waals surface area contributed by atoms with Crippen LogP contribution in [-0.2, 0) is 16.4 Å². The molecule has 0 aliphatic carbocycles. The summed E-state index contributed by atoms with van der Waals surface area (Å²) in [5.74, 6) is 0. The van der Waals surface area contributed by atoms with E-state index in [0.29, 0.717) is 31.7 Å². The second-order valence-electron chi connectivity index (χ2n) is 7.36. The van der Waals surface area contributed by atoms with Crippen LogP contribution >= 0.6 is 0 Å². The number of fused-ring (bicyclic) bond motifs is 1. The zero-order chi connectivity index (χ0) is 20.1. The Morgan fingerprint density at radius 3 is 2.43 bits per heavy atom. The average Bonchev–Trinajstić information content (AvgIpc) is 3.30. The highest BCUT2D eigenvalue weighted by Gasteiger charge is 2.40. The molecule has 4 rings (SSSR count). The van der Waals surface area contributed by atoms with E-state index in [-0.39, 0.29) is 11.3 Å². The number of hydrogen-bond acceptors (Lipinski definition) is 4. The van der Waals surface area contributed by atoms with Crippen molar-refractivity contribution >= 4 is 15.9 Å². The summed E-state index contributed by atoms with van der Waals surface area (Å²) in [6.45, 7) is 2.80. The molecule has 0 bridgehead atoms. The largest absolute Gasteiger partial charge is 0.433 e. The fraction of sp³-hybridized carbons (Fsp3) is 0.647. The molecule has 7 nitrogen and oxygen atoms in total. The van der Waals surface area contributed by atoms with Crippen molar-refractivity contribution in [2.75, 3.05) is 19.6 Å². The van der Waals surface area contributed by atoms with Crippen molar-refractivity contribution in [3.8, 4) is 0 Å². The molecular formula is C17H22F3N5O2S. The highest BCUT2D eigenvalue weighted by Crippen LogP contribution is 2.36. The van der Waals surface area contributed by atoms with E-state index in [0.717, 1.165) is 36.3 Å². The Balaban J connectivity index is 1.77. The monoisotopic (exact) mass is 417 g/mol. The number of aryl methyl sites for hydroxylation is 1. The lowest BCUT2D eigenvalue weighted by Gasteiger charge is -2.36. The van der Waals surface area contributed by atoms with Crippen LogP contribution in [-0.4, -0.2) is 51.3 Å². The summed E-state index contributed by atoms with van der Waals surface area (Å²) in [5, 5.41) is 4.14. The van der Waals surface area contributed by atoms with Gasteiger partial charge < -0.3 is 0 Å². The smallest absolute Gasteiger partial charge is 0.234 e. The molecule has 0 aromatic carbocycles. The van der Waals surface area contributed by atoms with Gasteiger partial charge >= 0.3 is 6.18 Å². The molecule has 2 aromatic rings. The lowest BCUT2D eigenvalue weighted by Crippen LogP contribution is -2.46. The van der Waals surface area contributed by atoms with Crippen LogP contribution in [0.15, 0.2) is 12.1 Å². The predicted molar refractivity (Wildman–Crippen MR) is 95.8 cm³/mol. The second kappa shape index (κ2) is 6.96. The van der Waals surface area contributed by atoms with E-state index in [2.05, 4.69) is 10.1 Å². The van der Waals surface area contributed by atoms with Gasteiger partial charge in [0.05, 0.1) is 11.7 Å². The van der Waals surface area contributed by atoms with Gasteiger partial charge in [-0.3, -0.25) is 0 Å². The Morgan fingerprint density at radius 1 is 1.07 bits per heavy atom. The topological polar surface area (TPSA) is 70.8 Å². The van der Waals surface area contributed by atoms with Gasteiger partial charge in [0.2, 0.25) is 0 Å². The van der Waals surface area contributed by atoms with Crippen molar-refractivity contribution in [1.29, 1.82) is 0 Å². The SMILES string of the molecule is Cc1cc(C(F)(F)F)n2nc(C3CCCCN3S(=O)(=O)N3CCCC3)cc2n1. The first-order valence-corrected chi connectivity index (χ1v) is 10.8. The zero-order valence-corrected chi connectivity index (χ0v) is 16.3. The third-order valence-corrected chi connectivity index (χ3v) is 7.39. The molecule has 0 N–H and O–H groups in total. The van der Waals surface area contributed by atoms with E-state index >= 15 is 0 Å². The first-order valence-electron chi connectivity index (χ1n) is 9.39. The number of rotatable bonds is 3. The number of aromatic nitrogens is 3. The van der Waals surface area contributed by atoms with E-state index in [1.807, 2.05) is 0 Å². The number of nitrogens with zero attached hydrogens (tertiary/aromatic N) is 5. The van der Waals surface area contributed by atoms with E-state index < -0.39 is 28.1 Å². The minimum absolute atomic E-state index is 0.0754. The normalized spacial score (nSPS) is 22.9. The number of halogens is 3. The maximum Gasteiger partial charge on any atom is 0.433 e. The van der Waals surface area contributed by atoms with Crippen molar-refractivity contribution in [1.82, 2.24) is 23.2 Å². The second-order valence-corrected chi connectivity index (χ2v) is 9.24. The van der Waals surface area contributed by atoms with Crippen LogP contribution in [0.25, 0.3) is 5.65 Å². The number of piperidine rings is 1. The lowest BCUT2D eigenvalue weighted by atomic mass is 10.0. The first kappa shape index (κ1) is 19.6. The molecule has 2 aliphatic heterocycles. The Kier molecular flexibility index (Phi) is 4.87. The van der Waals surface area contributed by atoms with Gasteiger partial charge in [-0.05, 0) is 38.7 Å². The molecule has 0 saturated carbocycles. The molecule has 1 unspecified atom stereocenters. The quantitative estimate of drug-likeness (QED) is 0.770. The number of alkyl halides is 3. The zero-order valence-electron chi connectivity index (χ0n) is 15.5. The van der Waals surface area contributed by atoms with Gasteiger partial charge in [0.25, 0.3) is 10.2 Å². The highest BCUT2D eigenvalue weighted by atomic mass is 32.2. The molecule has 2 saturated heterocycles. The van der Waals surface area contributed by atoms with Gasteiger partial charge in [0.1, 0.15) is 5.69 Å². The van der Waals surface area contributed by atoms with Gasteiger partial charge in [0, 0.05) is 31.4 Å². The Morgan fingerprint density at radius 2 is 1.75 bits per heavy atom. The maximum absolute atomic E-state index is 13.4. The van der Waals surface area contributed by atoms with Crippen LogP contribution in [0.2, 0.25) is 0 Å². The van der Waals surface area contributed by atoms with E-state index in [4.69, 9.17) is 0 Å². The minimum Gasteiger partial charge on any atom is -0.234 e. The summed E-state index contributed by atoms with van der Waals surface area (Å²) in [6.07, 6.45) is -0.889. The van der Waals surface area contributed by atoms with Crippen molar-refractivity contribution in [3.05, 3.63) is 29.2 Å². The molecular weight excluding hydrogens is 395 g/mol. The van der Waals surface area contributed by atoms with Gasteiger partial charge in [-0.25, -0.2) is 9.50 Å². The van der Waals surface area contributed by atoms with E-state index in [1.54, 1.807) is 0 Å². The van der Waals surface area contributed by atoms with Crippen LogP contribution in [0.1, 0.15) is 55.2 Å². The standard InChI is InChI=1S/C17H22F3N5O2S/c1-12-10-15(17(18,19)20)25-16(21-12)11-13(22-25)14-6-2-3-9-24(14)28(26,27)23-7-4-5-8-23/h10-11,14H,2-9H2,1H3. The van der Waals surface area contributed by atoms with Crippen LogP contribution in [0.3, 0.4) is 0 Å². The van der Waals surface area contributed by atoms with Crippen LogP contribution in [0, 0.1) is 6.92 Å². The molecule has 0 amide bonds. The molecule has 0 radical (unpaired) electrons. The highest BCUT2D eigenvalue weighted by molar-refractivity contribution is 7.86. The fourth-order valence-electron chi connectivity index (χ4n) is 4.03. The van der Waals surface area contributed by atoms with Crippen molar-refractivity contribution < 1.29 is 21.6 Å². The molecule has 4 heterocycles. The average molecular weight is 417 g/mol. The van der Waals surface area contributed by atoms with E-state index in [1.165, 1.54) is 21.6 Å². The van der Waals surface area contributed by atoms with Crippen molar-refractivity contribution in [2.45, 2.75) is 51.2 Å². The summed E-state index contributed by atoms with van der Waals surface area (Å²) in [7, 11) is -3.67. The van der Waals surface area contributed by atoms with Crippen LogP contribution in [0.5, 0.6) is 0 Å². The molecule has 2 fully saturated rings. The molecule has 1 atom stereocenters. The maximum atomic E-state index is 13.4. The van der Waals surface area contributed by atoms with Crippen molar-refractivity contribution in [3.63, 3.8) is 0 Å². The Bertz CT molecular complexity index is 983. The minimum atomic E-state index is -4.58. The summed E-state index contributed by atoms with van der Waals surface area (Å²) in [4.78, 5) is 4.15. The van der Waals surface area contributed by atoms with Gasteiger partial charge in [-0.1, -0.05) is 6.42 Å². The predicted octanol–water partition coefficient (Wildman–Crippen LogP) is 2.92. The van der Waals surface area contributed by atoms with Crippen LogP contribution < -0.4 is 0 Å². The fourth-order valence-corrected chi connectivity index (χ4v) is 5.94. The van der Waals surface area contributed by atoms with E-state index in [9.17, 15) is 21.6 Å². The van der Waals surface area contributed by atoms with Gasteiger partial charge in [-0.2, -0.15) is 35.3 Å². The first-order chi connectivity index (χ1) is 13.2. The molecule has 28 heavy (non-hydrogen) atoms. The molecule has 11 heteroatoms. The number of hydrogen-bond donors (Lipinski definition) is 0. The summed E-state index contributed by atoms with van der Waals surface area (Å²) >= 11 is 0. The van der Waals surface area contributed by atoms with Crippen molar-refractivity contribution in [2.24, 2.45) is 0 Å². The summed E-state index contributed by atoms with van der Waals surface area (Å²) in [5.41, 5.74) is -0.292. The third kappa shape index (κ3) is 3.39. The van der Waals surface area contributed by atoms with Gasteiger partial charge in [-0.15, -0.1) is 0 Å². The lowest BCUT2D eigenvalue weighted by molar-refractivity contribution is -0.142. The third-order valence-electron chi connectivity index (χ3n) is 5.35.